The van der Waals surface area contributed by atoms with Gasteiger partial charge in [0.15, 0.2) is 23.3 Å². The number of hydrogen-bond acceptors (Lipinski definition) is 4. The van der Waals surface area contributed by atoms with Gasteiger partial charge in [-0.3, -0.25) is 19.6 Å². The van der Waals surface area contributed by atoms with Crippen molar-refractivity contribution in [3.8, 4) is 0 Å². The van der Waals surface area contributed by atoms with Crippen LogP contribution in [0.5, 0.6) is 0 Å². The molecule has 2 rings (SSSR count). The fraction of sp³-hybridized carbons (Fsp3) is 0.231. The van der Waals surface area contributed by atoms with Gasteiger partial charge in [0.2, 0.25) is 5.69 Å². The number of anilines is 1. The second kappa shape index (κ2) is 6.85. The molecule has 27 heavy (non-hydrogen) atoms. The molecule has 2 aromatic rings. The first-order chi connectivity index (χ1) is 12.4. The number of hydrogen-bond donors (Lipinski definition) is 1. The van der Waals surface area contributed by atoms with Crippen LogP contribution < -0.4 is 5.32 Å². The van der Waals surface area contributed by atoms with Gasteiger partial charge in [0.05, 0.1) is 4.92 Å². The van der Waals surface area contributed by atoms with E-state index in [0.717, 1.165) is 4.68 Å². The molecular weight excluding hydrogens is 393 g/mol. The summed E-state index contributed by atoms with van der Waals surface area (Å²) in [5.74, 6) is -12.2. The first kappa shape index (κ1) is 20.1. The van der Waals surface area contributed by atoms with E-state index in [2.05, 4.69) is 5.10 Å². The van der Waals surface area contributed by atoms with Crippen molar-refractivity contribution in [2.24, 2.45) is 0 Å². The van der Waals surface area contributed by atoms with Crippen molar-refractivity contribution >= 4 is 17.3 Å². The topological polar surface area (TPSA) is 90.1 Å². The van der Waals surface area contributed by atoms with Gasteiger partial charge in [0.25, 0.3) is 5.91 Å². The normalized spacial score (nSPS) is 11.6. The van der Waals surface area contributed by atoms with Gasteiger partial charge in [0.1, 0.15) is 17.4 Å². The van der Waals surface area contributed by atoms with E-state index >= 15 is 0 Å². The van der Waals surface area contributed by atoms with Crippen molar-refractivity contribution in [1.82, 2.24) is 9.78 Å². The Morgan fingerprint density at radius 1 is 1.19 bits per heavy atom. The van der Waals surface area contributed by atoms with Crippen LogP contribution in [-0.4, -0.2) is 20.6 Å². The summed E-state index contributed by atoms with van der Waals surface area (Å²) >= 11 is 0. The molecule has 1 N–H and O–H groups in total. The summed E-state index contributed by atoms with van der Waals surface area (Å²) in [7, 11) is 0. The highest BCUT2D eigenvalue weighted by Gasteiger charge is 2.43. The summed E-state index contributed by atoms with van der Waals surface area (Å²) in [6.07, 6.45) is -5.11. The Morgan fingerprint density at radius 2 is 1.70 bits per heavy atom. The van der Waals surface area contributed by atoms with Crippen molar-refractivity contribution in [3.63, 3.8) is 0 Å². The zero-order valence-electron chi connectivity index (χ0n) is 13.0. The highest BCUT2D eigenvalue weighted by Crippen LogP contribution is 2.38. The first-order valence-electron chi connectivity index (χ1n) is 6.86. The fourth-order valence-electron chi connectivity index (χ4n) is 2.15. The molecule has 0 aliphatic heterocycles. The molecule has 1 aromatic carbocycles. The maximum absolute atomic E-state index is 13.8. The molecule has 1 amide bonds. The van der Waals surface area contributed by atoms with Crippen LogP contribution in [0.2, 0.25) is 0 Å². The van der Waals surface area contributed by atoms with Crippen LogP contribution in [0.1, 0.15) is 23.0 Å². The van der Waals surface area contributed by atoms with E-state index < -0.39 is 62.9 Å². The summed E-state index contributed by atoms with van der Waals surface area (Å²) in [4.78, 5) is 21.9. The maximum atomic E-state index is 13.8. The Labute approximate surface area is 144 Å². The SMILES string of the molecule is CCn1ncc([N+](=O)[O-])c1C(=O)Nc1c(F)c(F)c(C(F)(F)F)c(F)c1F. The van der Waals surface area contributed by atoms with Crippen molar-refractivity contribution in [1.29, 1.82) is 0 Å². The number of nitro groups is 1. The molecule has 0 saturated heterocycles. The standard InChI is InChI=1S/C13H7F7N4O3/c1-2-23-11(4(3-21-23)24(26)27)12(25)22-10-8(16)6(14)5(13(18,19)20)7(15)9(10)17/h3H,2H2,1H3,(H,22,25). The Bertz CT molecular complexity index is 910. The molecule has 0 saturated carbocycles. The predicted molar refractivity (Wildman–Crippen MR) is 73.8 cm³/mol. The van der Waals surface area contributed by atoms with E-state index in [4.69, 9.17) is 0 Å². The largest absolute Gasteiger partial charge is 0.422 e. The summed E-state index contributed by atoms with van der Waals surface area (Å²) in [5.41, 5.74) is -6.42. The maximum Gasteiger partial charge on any atom is 0.422 e. The minimum atomic E-state index is -5.75. The van der Waals surface area contributed by atoms with E-state index in [1.807, 2.05) is 0 Å². The second-order valence-corrected chi connectivity index (χ2v) is 4.91. The molecule has 1 aromatic heterocycles. The second-order valence-electron chi connectivity index (χ2n) is 4.91. The van der Waals surface area contributed by atoms with Gasteiger partial charge in [-0.25, -0.2) is 17.6 Å². The molecule has 0 aliphatic carbocycles. The quantitative estimate of drug-likeness (QED) is 0.367. The zero-order valence-corrected chi connectivity index (χ0v) is 13.0. The van der Waals surface area contributed by atoms with E-state index in [1.165, 1.54) is 12.2 Å². The number of carbonyl (C=O) groups excluding carboxylic acids is 1. The number of alkyl halides is 3. The lowest BCUT2D eigenvalue weighted by Crippen LogP contribution is -2.23. The molecule has 0 aliphatic rings. The number of aryl methyl sites for hydroxylation is 1. The van der Waals surface area contributed by atoms with Gasteiger partial charge in [0, 0.05) is 6.54 Å². The summed E-state index contributed by atoms with van der Waals surface area (Å²) in [6.45, 7) is 1.28. The molecule has 14 heteroatoms. The Hall–Kier alpha value is -3.19. The Balaban J connectivity index is 2.58. The summed E-state index contributed by atoms with van der Waals surface area (Å²) in [6, 6.07) is 0. The molecule has 0 unspecified atom stereocenters. The molecular formula is C13H7F7N4O3. The highest BCUT2D eigenvalue weighted by atomic mass is 19.4. The van der Waals surface area contributed by atoms with E-state index in [1.54, 1.807) is 0 Å². The van der Waals surface area contributed by atoms with Gasteiger partial charge >= 0.3 is 11.9 Å². The lowest BCUT2D eigenvalue weighted by molar-refractivity contribution is -0.385. The molecule has 1 heterocycles. The lowest BCUT2D eigenvalue weighted by atomic mass is 10.1. The third-order valence-corrected chi connectivity index (χ3v) is 3.32. The van der Waals surface area contributed by atoms with Crippen molar-refractivity contribution in [2.75, 3.05) is 5.32 Å². The van der Waals surface area contributed by atoms with E-state index in [9.17, 15) is 45.6 Å². The van der Waals surface area contributed by atoms with Gasteiger partial charge < -0.3 is 5.32 Å². The number of nitrogens with one attached hydrogen (secondary N) is 1. The van der Waals surface area contributed by atoms with Crippen LogP contribution in [-0.2, 0) is 12.7 Å². The smallest absolute Gasteiger partial charge is 0.315 e. The van der Waals surface area contributed by atoms with Crippen LogP contribution >= 0.6 is 0 Å². The highest BCUT2D eigenvalue weighted by molar-refractivity contribution is 6.05. The fourth-order valence-corrected chi connectivity index (χ4v) is 2.15. The predicted octanol–water partition coefficient (Wildman–Crippen LogP) is 3.64. The number of aromatic nitrogens is 2. The first-order valence-corrected chi connectivity index (χ1v) is 6.86. The lowest BCUT2D eigenvalue weighted by Gasteiger charge is -2.14. The summed E-state index contributed by atoms with van der Waals surface area (Å²) < 4.78 is 93.1. The molecule has 0 fully saturated rings. The summed E-state index contributed by atoms with van der Waals surface area (Å²) in [5, 5.41) is 15.7. The minimum Gasteiger partial charge on any atom is -0.315 e. The van der Waals surface area contributed by atoms with Crippen LogP contribution in [0.15, 0.2) is 6.20 Å². The third-order valence-electron chi connectivity index (χ3n) is 3.32. The zero-order chi connectivity index (χ0) is 20.7. The van der Waals surface area contributed by atoms with Gasteiger partial charge in [-0.15, -0.1) is 0 Å². The number of rotatable bonds is 4. The Kier molecular flexibility index (Phi) is 5.10. The molecule has 0 spiro atoms. The number of halogens is 7. The van der Waals surface area contributed by atoms with Crippen LogP contribution in [0.4, 0.5) is 42.1 Å². The third kappa shape index (κ3) is 3.41. The number of carbonyl (C=O) groups is 1. The van der Waals surface area contributed by atoms with Gasteiger partial charge in [-0.2, -0.15) is 18.3 Å². The van der Waals surface area contributed by atoms with Gasteiger partial charge in [-0.1, -0.05) is 0 Å². The van der Waals surface area contributed by atoms with E-state index in [0.29, 0.717) is 6.20 Å². The van der Waals surface area contributed by atoms with Crippen molar-refractivity contribution in [3.05, 3.63) is 50.8 Å². The molecule has 7 nitrogen and oxygen atoms in total. The van der Waals surface area contributed by atoms with Crippen LogP contribution in [0, 0.1) is 33.4 Å². The average molecular weight is 400 g/mol. The number of amides is 1. The average Bonchev–Trinajstić information content (AvgIpc) is 3.00. The van der Waals surface area contributed by atoms with E-state index in [-0.39, 0.29) is 6.54 Å². The van der Waals surface area contributed by atoms with Crippen LogP contribution in [0.25, 0.3) is 0 Å². The van der Waals surface area contributed by atoms with Crippen LogP contribution in [0.3, 0.4) is 0 Å². The van der Waals surface area contributed by atoms with Crippen molar-refractivity contribution in [2.45, 2.75) is 19.6 Å². The number of nitrogens with zero attached hydrogens (tertiary/aromatic N) is 3. The van der Waals surface area contributed by atoms with Gasteiger partial charge in [-0.05, 0) is 6.92 Å². The monoisotopic (exact) mass is 400 g/mol. The Morgan fingerprint density at radius 3 is 2.11 bits per heavy atom. The van der Waals surface area contributed by atoms with Crippen molar-refractivity contribution < 1.29 is 40.5 Å². The molecule has 0 radical (unpaired) electrons. The molecule has 0 atom stereocenters. The molecule has 146 valence electrons. The number of benzene rings is 1. The molecule has 0 bridgehead atoms. The minimum absolute atomic E-state index is 0.114.